The second-order valence-electron chi connectivity index (χ2n) is 5.26. The third-order valence-corrected chi connectivity index (χ3v) is 3.81. The Morgan fingerprint density at radius 2 is 2.20 bits per heavy atom. The molecule has 0 atom stereocenters. The number of hydrogen-bond acceptors (Lipinski definition) is 3. The molecule has 0 aliphatic carbocycles. The summed E-state index contributed by atoms with van der Waals surface area (Å²) in [5, 5.41) is 4.23. The Bertz CT molecular complexity index is 675. The van der Waals surface area contributed by atoms with Crippen LogP contribution >= 0.6 is 0 Å². The number of carbonyl (C=O) groups is 1. The summed E-state index contributed by atoms with van der Waals surface area (Å²) < 4.78 is 1.65. The van der Waals surface area contributed by atoms with Gasteiger partial charge in [-0.2, -0.15) is 5.10 Å². The Balaban J connectivity index is 1.87. The van der Waals surface area contributed by atoms with Crippen LogP contribution in [0.15, 0.2) is 24.3 Å². The molecule has 5 heteroatoms. The standard InChI is InChI=1S/C15H18N4O/c1-10-8-14(18(2)17-10)15(20)19-7-6-12-11(9-19)4-3-5-13(12)16/h3-5,8H,6-7,9,16H2,1-2H3. The maximum atomic E-state index is 12.6. The van der Waals surface area contributed by atoms with Crippen molar-refractivity contribution in [1.29, 1.82) is 0 Å². The smallest absolute Gasteiger partial charge is 0.272 e. The number of aromatic nitrogens is 2. The van der Waals surface area contributed by atoms with Crippen molar-refractivity contribution in [3.8, 4) is 0 Å². The average molecular weight is 270 g/mol. The minimum atomic E-state index is 0.0289. The molecule has 2 heterocycles. The summed E-state index contributed by atoms with van der Waals surface area (Å²) in [4.78, 5) is 14.4. The first-order chi connectivity index (χ1) is 9.56. The minimum absolute atomic E-state index is 0.0289. The molecule has 0 radical (unpaired) electrons. The predicted molar refractivity (Wildman–Crippen MR) is 77.2 cm³/mol. The first-order valence-electron chi connectivity index (χ1n) is 6.72. The molecular formula is C15H18N4O. The Kier molecular flexibility index (Phi) is 2.97. The van der Waals surface area contributed by atoms with E-state index in [-0.39, 0.29) is 5.91 Å². The van der Waals surface area contributed by atoms with E-state index in [2.05, 4.69) is 5.10 Å². The number of benzene rings is 1. The van der Waals surface area contributed by atoms with Crippen LogP contribution in [0.25, 0.3) is 0 Å². The van der Waals surface area contributed by atoms with Gasteiger partial charge in [-0.1, -0.05) is 12.1 Å². The van der Waals surface area contributed by atoms with Crippen LogP contribution in [-0.4, -0.2) is 27.1 Å². The van der Waals surface area contributed by atoms with Crippen LogP contribution in [0.5, 0.6) is 0 Å². The third-order valence-electron chi connectivity index (χ3n) is 3.81. The molecule has 3 rings (SSSR count). The zero-order valence-electron chi connectivity index (χ0n) is 11.8. The summed E-state index contributed by atoms with van der Waals surface area (Å²) >= 11 is 0. The van der Waals surface area contributed by atoms with Crippen molar-refractivity contribution in [1.82, 2.24) is 14.7 Å². The van der Waals surface area contributed by atoms with Crippen LogP contribution in [-0.2, 0) is 20.0 Å². The molecule has 1 amide bonds. The maximum Gasteiger partial charge on any atom is 0.272 e. The zero-order valence-corrected chi connectivity index (χ0v) is 11.8. The molecule has 2 N–H and O–H groups in total. The third kappa shape index (κ3) is 2.05. The highest BCUT2D eigenvalue weighted by Crippen LogP contribution is 2.25. The van der Waals surface area contributed by atoms with Crippen molar-refractivity contribution in [3.05, 3.63) is 46.8 Å². The quantitative estimate of drug-likeness (QED) is 0.799. The van der Waals surface area contributed by atoms with E-state index < -0.39 is 0 Å². The topological polar surface area (TPSA) is 64.2 Å². The molecular weight excluding hydrogens is 252 g/mol. The zero-order chi connectivity index (χ0) is 14.3. The summed E-state index contributed by atoms with van der Waals surface area (Å²) in [5.41, 5.74) is 10.6. The maximum absolute atomic E-state index is 12.6. The van der Waals surface area contributed by atoms with Gasteiger partial charge in [-0.3, -0.25) is 9.48 Å². The lowest BCUT2D eigenvalue weighted by atomic mass is 9.98. The number of nitrogens with zero attached hydrogens (tertiary/aromatic N) is 3. The molecule has 0 fully saturated rings. The number of nitrogens with two attached hydrogens (primary N) is 1. The molecule has 0 bridgehead atoms. The van der Waals surface area contributed by atoms with Gasteiger partial charge in [0.1, 0.15) is 5.69 Å². The van der Waals surface area contributed by atoms with Gasteiger partial charge in [0.05, 0.1) is 5.69 Å². The van der Waals surface area contributed by atoms with E-state index in [0.717, 1.165) is 23.4 Å². The van der Waals surface area contributed by atoms with Crippen molar-refractivity contribution < 1.29 is 4.79 Å². The van der Waals surface area contributed by atoms with Crippen molar-refractivity contribution >= 4 is 11.6 Å². The van der Waals surface area contributed by atoms with Gasteiger partial charge < -0.3 is 10.6 Å². The van der Waals surface area contributed by atoms with E-state index in [1.807, 2.05) is 36.1 Å². The van der Waals surface area contributed by atoms with Gasteiger partial charge >= 0.3 is 0 Å². The molecule has 1 aromatic heterocycles. The lowest BCUT2D eigenvalue weighted by molar-refractivity contribution is 0.0723. The van der Waals surface area contributed by atoms with Crippen molar-refractivity contribution in [2.24, 2.45) is 7.05 Å². The minimum Gasteiger partial charge on any atom is -0.398 e. The highest BCUT2D eigenvalue weighted by Gasteiger charge is 2.24. The fourth-order valence-electron chi connectivity index (χ4n) is 2.79. The Morgan fingerprint density at radius 1 is 1.40 bits per heavy atom. The van der Waals surface area contributed by atoms with E-state index in [0.29, 0.717) is 18.8 Å². The predicted octanol–water partition coefficient (Wildman–Crippen LogP) is 1.51. The van der Waals surface area contributed by atoms with Crippen LogP contribution in [0.2, 0.25) is 0 Å². The van der Waals surface area contributed by atoms with Crippen molar-refractivity contribution in [2.75, 3.05) is 12.3 Å². The highest BCUT2D eigenvalue weighted by molar-refractivity contribution is 5.92. The van der Waals surface area contributed by atoms with Gasteiger partial charge in [-0.15, -0.1) is 0 Å². The fourth-order valence-corrected chi connectivity index (χ4v) is 2.79. The molecule has 1 aromatic carbocycles. The summed E-state index contributed by atoms with van der Waals surface area (Å²) in [6, 6.07) is 7.73. The number of fused-ring (bicyclic) bond motifs is 1. The van der Waals surface area contributed by atoms with E-state index in [9.17, 15) is 4.79 Å². The van der Waals surface area contributed by atoms with Gasteiger partial charge in [0.15, 0.2) is 0 Å². The van der Waals surface area contributed by atoms with Gasteiger partial charge in [0.2, 0.25) is 0 Å². The number of carbonyl (C=O) groups excluding carboxylic acids is 1. The highest BCUT2D eigenvalue weighted by atomic mass is 16.2. The SMILES string of the molecule is Cc1cc(C(=O)N2CCc3c(N)cccc3C2)n(C)n1. The van der Waals surface area contributed by atoms with Crippen LogP contribution in [0, 0.1) is 6.92 Å². The van der Waals surface area contributed by atoms with E-state index in [1.54, 1.807) is 11.7 Å². The monoisotopic (exact) mass is 270 g/mol. The number of nitrogen functional groups attached to an aromatic ring is 1. The molecule has 104 valence electrons. The molecule has 0 spiro atoms. The molecule has 2 aromatic rings. The number of aryl methyl sites for hydroxylation is 2. The van der Waals surface area contributed by atoms with E-state index in [4.69, 9.17) is 5.73 Å². The van der Waals surface area contributed by atoms with Gasteiger partial charge in [-0.05, 0) is 36.6 Å². The fraction of sp³-hybridized carbons (Fsp3) is 0.333. The normalized spacial score (nSPS) is 14.2. The lowest BCUT2D eigenvalue weighted by Crippen LogP contribution is -2.37. The van der Waals surface area contributed by atoms with E-state index >= 15 is 0 Å². The average Bonchev–Trinajstić information content (AvgIpc) is 2.77. The van der Waals surface area contributed by atoms with Crippen LogP contribution in [0.1, 0.15) is 27.3 Å². The molecule has 0 saturated heterocycles. The number of rotatable bonds is 1. The molecule has 20 heavy (non-hydrogen) atoms. The summed E-state index contributed by atoms with van der Waals surface area (Å²) in [7, 11) is 1.80. The number of anilines is 1. The van der Waals surface area contributed by atoms with Crippen LogP contribution < -0.4 is 5.73 Å². The number of hydrogen-bond donors (Lipinski definition) is 1. The largest absolute Gasteiger partial charge is 0.398 e. The first kappa shape index (κ1) is 12.7. The molecule has 1 aliphatic rings. The Labute approximate surface area is 118 Å². The summed E-state index contributed by atoms with van der Waals surface area (Å²) in [5.74, 6) is 0.0289. The van der Waals surface area contributed by atoms with Crippen molar-refractivity contribution in [3.63, 3.8) is 0 Å². The molecule has 5 nitrogen and oxygen atoms in total. The summed E-state index contributed by atoms with van der Waals surface area (Å²) in [6.45, 7) is 3.21. The molecule has 0 saturated carbocycles. The Morgan fingerprint density at radius 3 is 2.90 bits per heavy atom. The van der Waals surface area contributed by atoms with E-state index in [1.165, 1.54) is 5.56 Å². The second kappa shape index (κ2) is 4.67. The molecule has 1 aliphatic heterocycles. The van der Waals surface area contributed by atoms with Gasteiger partial charge in [0.25, 0.3) is 5.91 Å². The van der Waals surface area contributed by atoms with Gasteiger partial charge in [-0.25, -0.2) is 0 Å². The van der Waals surface area contributed by atoms with Crippen molar-refractivity contribution in [2.45, 2.75) is 19.9 Å². The lowest BCUT2D eigenvalue weighted by Gasteiger charge is -2.29. The number of amides is 1. The molecule has 0 unspecified atom stereocenters. The first-order valence-corrected chi connectivity index (χ1v) is 6.72. The summed E-state index contributed by atoms with van der Waals surface area (Å²) in [6.07, 6.45) is 0.810. The van der Waals surface area contributed by atoms with Crippen LogP contribution in [0.3, 0.4) is 0 Å². The second-order valence-corrected chi connectivity index (χ2v) is 5.26. The van der Waals surface area contributed by atoms with Gasteiger partial charge in [0, 0.05) is 25.8 Å². The van der Waals surface area contributed by atoms with Crippen LogP contribution in [0.4, 0.5) is 5.69 Å². The Hall–Kier alpha value is -2.30.